The first kappa shape index (κ1) is 9.18. The largest absolute Gasteiger partial charge is 0.508 e. The first-order chi connectivity index (χ1) is 6.61. The molecule has 0 fully saturated rings. The summed E-state index contributed by atoms with van der Waals surface area (Å²) in [5, 5.41) is 28.3. The van der Waals surface area contributed by atoms with Crippen LogP contribution < -0.4 is 0 Å². The lowest BCUT2D eigenvalue weighted by Crippen LogP contribution is -2.29. The first-order valence-corrected chi connectivity index (χ1v) is 4.32. The van der Waals surface area contributed by atoms with E-state index in [9.17, 15) is 20.1 Å². The third kappa shape index (κ3) is 1.20. The number of Topliss-reactive ketones (excluding diaryl/α,β-unsaturated/α-hetero) is 1. The van der Waals surface area contributed by atoms with Gasteiger partial charge in [-0.15, -0.1) is 0 Å². The summed E-state index contributed by atoms with van der Waals surface area (Å²) in [5.74, 6) is -0.407. The topological polar surface area (TPSA) is 77.8 Å². The Morgan fingerprint density at radius 1 is 1.29 bits per heavy atom. The third-order valence-electron chi connectivity index (χ3n) is 2.44. The number of carbonyl (C=O) groups is 1. The van der Waals surface area contributed by atoms with Crippen molar-refractivity contribution in [2.75, 3.05) is 0 Å². The second-order valence-electron chi connectivity index (χ2n) is 3.38. The number of phenols is 1. The summed E-state index contributed by atoms with van der Waals surface area (Å²) >= 11 is 0. The fourth-order valence-corrected chi connectivity index (χ4v) is 1.71. The van der Waals surface area contributed by atoms with E-state index < -0.39 is 12.2 Å². The van der Waals surface area contributed by atoms with Crippen LogP contribution in [-0.4, -0.2) is 27.2 Å². The van der Waals surface area contributed by atoms with Crippen molar-refractivity contribution in [2.24, 2.45) is 0 Å². The number of aliphatic hydroxyl groups is 2. The molecule has 0 radical (unpaired) electrons. The van der Waals surface area contributed by atoms with E-state index in [2.05, 4.69) is 0 Å². The number of rotatable bonds is 0. The Bertz CT molecular complexity index is 386. The standard InChI is InChI=1S/C10H10O4/c11-6-3-1-2-5-7(12)4-8(13)10(14)9(5)6/h1-3,8,10-11,13-14H,4H2/t8-,10+/m1/s1. The summed E-state index contributed by atoms with van der Waals surface area (Å²) in [6.07, 6.45) is -2.40. The number of hydrogen-bond acceptors (Lipinski definition) is 4. The smallest absolute Gasteiger partial charge is 0.166 e. The van der Waals surface area contributed by atoms with Gasteiger partial charge in [0.15, 0.2) is 5.78 Å². The van der Waals surface area contributed by atoms with Gasteiger partial charge in [-0.3, -0.25) is 4.79 Å². The summed E-state index contributed by atoms with van der Waals surface area (Å²) < 4.78 is 0. The summed E-state index contributed by atoms with van der Waals surface area (Å²) in [6.45, 7) is 0. The van der Waals surface area contributed by atoms with Gasteiger partial charge in [0.25, 0.3) is 0 Å². The highest BCUT2D eigenvalue weighted by Gasteiger charge is 2.33. The van der Waals surface area contributed by atoms with E-state index in [0.29, 0.717) is 5.56 Å². The molecule has 0 spiro atoms. The number of benzene rings is 1. The molecule has 0 bridgehead atoms. The van der Waals surface area contributed by atoms with Crippen LogP contribution in [0.25, 0.3) is 0 Å². The lowest BCUT2D eigenvalue weighted by Gasteiger charge is -2.25. The molecule has 1 aliphatic carbocycles. The number of aliphatic hydroxyl groups excluding tert-OH is 2. The molecule has 0 aliphatic heterocycles. The van der Waals surface area contributed by atoms with Crippen LogP contribution in [0.2, 0.25) is 0 Å². The molecule has 0 aromatic heterocycles. The van der Waals surface area contributed by atoms with E-state index in [1.807, 2.05) is 0 Å². The molecule has 1 aromatic rings. The Balaban J connectivity index is 2.62. The maximum Gasteiger partial charge on any atom is 0.166 e. The molecular weight excluding hydrogens is 184 g/mol. The average molecular weight is 194 g/mol. The zero-order chi connectivity index (χ0) is 10.3. The zero-order valence-corrected chi connectivity index (χ0v) is 7.34. The van der Waals surface area contributed by atoms with Gasteiger partial charge >= 0.3 is 0 Å². The Labute approximate surface area is 80.4 Å². The van der Waals surface area contributed by atoms with Crippen molar-refractivity contribution in [1.29, 1.82) is 0 Å². The van der Waals surface area contributed by atoms with Gasteiger partial charge in [0.05, 0.1) is 6.10 Å². The van der Waals surface area contributed by atoms with Gasteiger partial charge in [0.1, 0.15) is 11.9 Å². The third-order valence-corrected chi connectivity index (χ3v) is 2.44. The Morgan fingerprint density at radius 3 is 2.71 bits per heavy atom. The molecule has 1 aliphatic rings. The molecule has 1 aromatic carbocycles. The number of ketones is 1. The van der Waals surface area contributed by atoms with E-state index in [-0.39, 0.29) is 23.5 Å². The number of phenolic OH excluding ortho intramolecular Hbond substituents is 1. The summed E-state index contributed by atoms with van der Waals surface area (Å²) in [6, 6.07) is 4.45. The molecule has 74 valence electrons. The molecule has 14 heavy (non-hydrogen) atoms. The first-order valence-electron chi connectivity index (χ1n) is 4.32. The van der Waals surface area contributed by atoms with Gasteiger partial charge in [-0.2, -0.15) is 0 Å². The molecule has 2 atom stereocenters. The van der Waals surface area contributed by atoms with E-state index in [0.717, 1.165) is 0 Å². The van der Waals surface area contributed by atoms with E-state index in [1.54, 1.807) is 0 Å². The molecule has 4 nitrogen and oxygen atoms in total. The highest BCUT2D eigenvalue weighted by atomic mass is 16.3. The monoisotopic (exact) mass is 194 g/mol. The lowest BCUT2D eigenvalue weighted by molar-refractivity contribution is 0.00742. The second-order valence-corrected chi connectivity index (χ2v) is 3.38. The van der Waals surface area contributed by atoms with Crippen molar-refractivity contribution in [1.82, 2.24) is 0 Å². The SMILES string of the molecule is O=C1C[C@@H](O)[C@H](O)c2c(O)cccc21. The Hall–Kier alpha value is -1.39. The molecule has 0 saturated carbocycles. The molecule has 4 heteroatoms. The van der Waals surface area contributed by atoms with Crippen LogP contribution in [0.5, 0.6) is 5.75 Å². The maximum absolute atomic E-state index is 11.4. The molecule has 3 N–H and O–H groups in total. The minimum absolute atomic E-state index is 0.0996. The van der Waals surface area contributed by atoms with E-state index in [1.165, 1.54) is 18.2 Å². The minimum atomic E-state index is -1.18. The van der Waals surface area contributed by atoms with Crippen LogP contribution >= 0.6 is 0 Å². The quantitative estimate of drug-likeness (QED) is 0.557. The maximum atomic E-state index is 11.4. The van der Waals surface area contributed by atoms with Crippen molar-refractivity contribution in [3.8, 4) is 5.75 Å². The van der Waals surface area contributed by atoms with Crippen LogP contribution in [-0.2, 0) is 0 Å². The highest BCUT2D eigenvalue weighted by Crippen LogP contribution is 2.35. The van der Waals surface area contributed by atoms with Gasteiger partial charge in [0.2, 0.25) is 0 Å². The van der Waals surface area contributed by atoms with Crippen molar-refractivity contribution >= 4 is 5.78 Å². The van der Waals surface area contributed by atoms with Crippen LogP contribution in [0.4, 0.5) is 0 Å². The van der Waals surface area contributed by atoms with Crippen molar-refractivity contribution in [2.45, 2.75) is 18.6 Å². The summed E-state index contributed by atoms with van der Waals surface area (Å²) in [5.41, 5.74) is 0.430. The molecule has 0 saturated heterocycles. The van der Waals surface area contributed by atoms with Gasteiger partial charge in [-0.05, 0) is 6.07 Å². The van der Waals surface area contributed by atoms with Crippen molar-refractivity contribution in [3.63, 3.8) is 0 Å². The summed E-state index contributed by atoms with van der Waals surface area (Å²) in [7, 11) is 0. The predicted molar refractivity (Wildman–Crippen MR) is 48.0 cm³/mol. The molecule has 0 amide bonds. The van der Waals surface area contributed by atoms with E-state index >= 15 is 0 Å². The number of hydrogen-bond donors (Lipinski definition) is 3. The Kier molecular flexibility index (Phi) is 2.02. The van der Waals surface area contributed by atoms with Crippen molar-refractivity contribution < 1.29 is 20.1 Å². The molecule has 0 heterocycles. The lowest BCUT2D eigenvalue weighted by atomic mass is 9.86. The number of carbonyl (C=O) groups excluding carboxylic acids is 1. The average Bonchev–Trinajstić information content (AvgIpc) is 2.14. The Morgan fingerprint density at radius 2 is 2.00 bits per heavy atom. The molecule has 2 rings (SSSR count). The fourth-order valence-electron chi connectivity index (χ4n) is 1.71. The molecular formula is C10H10O4. The predicted octanol–water partition coefficient (Wildman–Crippen LogP) is 0.373. The van der Waals surface area contributed by atoms with Gasteiger partial charge < -0.3 is 15.3 Å². The van der Waals surface area contributed by atoms with Crippen molar-refractivity contribution in [3.05, 3.63) is 29.3 Å². The van der Waals surface area contributed by atoms with Gasteiger partial charge in [-0.1, -0.05) is 12.1 Å². The summed E-state index contributed by atoms with van der Waals surface area (Å²) in [4.78, 5) is 11.4. The molecule has 0 unspecified atom stereocenters. The van der Waals surface area contributed by atoms with E-state index in [4.69, 9.17) is 0 Å². The fraction of sp³-hybridized carbons (Fsp3) is 0.300. The van der Waals surface area contributed by atoms with Crippen LogP contribution in [0, 0.1) is 0 Å². The highest BCUT2D eigenvalue weighted by molar-refractivity contribution is 5.99. The van der Waals surface area contributed by atoms with Gasteiger partial charge in [-0.25, -0.2) is 0 Å². The second kappa shape index (κ2) is 3.08. The number of fused-ring (bicyclic) bond motifs is 1. The number of aromatic hydroxyl groups is 1. The zero-order valence-electron chi connectivity index (χ0n) is 7.34. The van der Waals surface area contributed by atoms with Crippen LogP contribution in [0.15, 0.2) is 18.2 Å². The minimum Gasteiger partial charge on any atom is -0.508 e. The van der Waals surface area contributed by atoms with Crippen LogP contribution in [0.3, 0.4) is 0 Å². The van der Waals surface area contributed by atoms with Crippen LogP contribution in [0.1, 0.15) is 28.4 Å². The normalized spacial score (nSPS) is 26.0. The van der Waals surface area contributed by atoms with Gasteiger partial charge in [0, 0.05) is 17.5 Å².